The maximum Gasteiger partial charge on any atom is 0.229 e. The van der Waals surface area contributed by atoms with E-state index in [1.807, 2.05) is 18.2 Å². The van der Waals surface area contributed by atoms with Crippen molar-refractivity contribution < 1.29 is 12.8 Å². The van der Waals surface area contributed by atoms with Crippen molar-refractivity contribution >= 4 is 38.1 Å². The van der Waals surface area contributed by atoms with Gasteiger partial charge in [-0.05, 0) is 61.4 Å². The summed E-state index contributed by atoms with van der Waals surface area (Å²) in [4.78, 5) is 13.0. The Morgan fingerprint density at radius 3 is 2.48 bits per heavy atom. The number of anilines is 3. The molecule has 2 aromatic heterocycles. The zero-order valence-electron chi connectivity index (χ0n) is 17.1. The molecule has 2 aromatic carbocycles. The maximum absolute atomic E-state index is 13.6. The number of nitrogens with one attached hydrogen (secondary N) is 2. The lowest BCUT2D eigenvalue weighted by Crippen LogP contribution is -2.11. The van der Waals surface area contributed by atoms with Crippen molar-refractivity contribution in [2.24, 2.45) is 0 Å². The fourth-order valence-corrected chi connectivity index (χ4v) is 3.80. The molecule has 158 valence electrons. The van der Waals surface area contributed by atoms with Crippen LogP contribution in [-0.2, 0) is 10.0 Å². The minimum absolute atomic E-state index is 0.272. The number of nitrogens with zero attached hydrogens (tertiary/aromatic N) is 3. The van der Waals surface area contributed by atoms with Crippen LogP contribution in [0.2, 0.25) is 0 Å². The summed E-state index contributed by atoms with van der Waals surface area (Å²) in [5.41, 5.74) is 4.53. The molecule has 0 amide bonds. The minimum atomic E-state index is -3.43. The van der Waals surface area contributed by atoms with Crippen molar-refractivity contribution in [3.63, 3.8) is 0 Å². The van der Waals surface area contributed by atoms with E-state index in [1.54, 1.807) is 38.2 Å². The van der Waals surface area contributed by atoms with Gasteiger partial charge >= 0.3 is 0 Å². The highest BCUT2D eigenvalue weighted by Crippen LogP contribution is 2.30. The number of sulfonamides is 1. The van der Waals surface area contributed by atoms with E-state index in [9.17, 15) is 12.8 Å². The van der Waals surface area contributed by atoms with Gasteiger partial charge in [-0.15, -0.1) is 0 Å². The van der Waals surface area contributed by atoms with Gasteiger partial charge in [0.25, 0.3) is 0 Å². The third-order valence-electron chi connectivity index (χ3n) is 4.77. The molecule has 0 aliphatic carbocycles. The first kappa shape index (κ1) is 20.7. The summed E-state index contributed by atoms with van der Waals surface area (Å²) in [7, 11) is -3.43. The Kier molecular flexibility index (Phi) is 5.28. The molecule has 0 unspecified atom stereocenters. The lowest BCUT2D eigenvalue weighted by atomic mass is 10.0. The molecule has 0 atom stereocenters. The van der Waals surface area contributed by atoms with Crippen LogP contribution < -0.4 is 10.0 Å². The fourth-order valence-electron chi connectivity index (χ4n) is 3.19. The molecule has 0 aliphatic rings. The zero-order chi connectivity index (χ0) is 22.2. The molecule has 31 heavy (non-hydrogen) atoms. The van der Waals surface area contributed by atoms with Crippen LogP contribution >= 0.6 is 0 Å². The third-order valence-corrected chi connectivity index (χ3v) is 5.36. The van der Waals surface area contributed by atoms with Gasteiger partial charge in [0.1, 0.15) is 18.0 Å². The quantitative estimate of drug-likeness (QED) is 0.475. The number of halogens is 1. The molecule has 0 saturated heterocycles. The summed E-state index contributed by atoms with van der Waals surface area (Å²) in [6.07, 6.45) is 4.24. The smallest absolute Gasteiger partial charge is 0.229 e. The average Bonchev–Trinajstić information content (AvgIpc) is 2.71. The third kappa shape index (κ3) is 4.61. The second-order valence-corrected chi connectivity index (χ2v) is 9.02. The number of pyridine rings is 1. The molecule has 4 rings (SSSR count). The van der Waals surface area contributed by atoms with E-state index >= 15 is 0 Å². The highest BCUT2D eigenvalue weighted by atomic mass is 32.2. The van der Waals surface area contributed by atoms with E-state index in [2.05, 4.69) is 25.0 Å². The van der Waals surface area contributed by atoms with Crippen LogP contribution in [0.15, 0.2) is 55.0 Å². The molecule has 0 spiro atoms. The summed E-state index contributed by atoms with van der Waals surface area (Å²) >= 11 is 0. The van der Waals surface area contributed by atoms with Crippen LogP contribution in [0.5, 0.6) is 0 Å². The molecule has 4 aromatic rings. The van der Waals surface area contributed by atoms with Crippen molar-refractivity contribution in [1.82, 2.24) is 15.0 Å². The lowest BCUT2D eigenvalue weighted by Gasteiger charge is -2.12. The van der Waals surface area contributed by atoms with Crippen molar-refractivity contribution in [1.29, 1.82) is 0 Å². The number of aromatic nitrogens is 3. The Balaban J connectivity index is 1.76. The highest BCUT2D eigenvalue weighted by molar-refractivity contribution is 7.92. The van der Waals surface area contributed by atoms with Gasteiger partial charge in [-0.25, -0.2) is 22.8 Å². The molecule has 0 saturated carbocycles. The van der Waals surface area contributed by atoms with E-state index in [-0.39, 0.29) is 5.82 Å². The first-order chi connectivity index (χ1) is 14.7. The van der Waals surface area contributed by atoms with Crippen molar-refractivity contribution in [2.75, 3.05) is 16.3 Å². The Bertz CT molecular complexity index is 1410. The van der Waals surface area contributed by atoms with Crippen LogP contribution in [0, 0.1) is 19.7 Å². The standard InChI is InChI=1S/C22H20FN5O2S/c1-13-8-17(5-6-19(13)23)27-22-18-9-15(4-7-20(18)25-12-26-22)16-10-21(14(2)24-11-16)28-31(3,29)30/h4-12,28H,1-3H3,(H,25,26,27). The van der Waals surface area contributed by atoms with E-state index in [4.69, 9.17) is 0 Å². The summed E-state index contributed by atoms with van der Waals surface area (Å²) in [6, 6.07) is 12.2. The normalized spacial score (nSPS) is 11.5. The molecule has 0 radical (unpaired) electrons. The molecule has 0 bridgehead atoms. The number of benzene rings is 2. The number of hydrogen-bond donors (Lipinski definition) is 2. The minimum Gasteiger partial charge on any atom is -0.340 e. The first-order valence-corrected chi connectivity index (χ1v) is 11.3. The van der Waals surface area contributed by atoms with Crippen LogP contribution in [0.1, 0.15) is 11.3 Å². The van der Waals surface area contributed by atoms with E-state index in [0.29, 0.717) is 28.5 Å². The molecule has 9 heteroatoms. The Hall–Kier alpha value is -3.59. The number of rotatable bonds is 5. The van der Waals surface area contributed by atoms with Gasteiger partial charge in [-0.2, -0.15) is 0 Å². The molecule has 0 fully saturated rings. The van der Waals surface area contributed by atoms with Crippen LogP contribution in [0.25, 0.3) is 22.0 Å². The SMILES string of the molecule is Cc1cc(Nc2ncnc3ccc(-c4cnc(C)c(NS(C)(=O)=O)c4)cc23)ccc1F. The number of aryl methyl sites for hydroxylation is 2. The molecular formula is C22H20FN5O2S. The number of fused-ring (bicyclic) bond motifs is 1. The van der Waals surface area contributed by atoms with Crippen molar-refractivity contribution in [3.8, 4) is 11.1 Å². The molecule has 2 N–H and O–H groups in total. The topological polar surface area (TPSA) is 96.9 Å². The molecule has 2 heterocycles. The fraction of sp³-hybridized carbons (Fsp3) is 0.136. The first-order valence-electron chi connectivity index (χ1n) is 9.42. The summed E-state index contributed by atoms with van der Waals surface area (Å²) < 4.78 is 39.4. The van der Waals surface area contributed by atoms with E-state index in [1.165, 1.54) is 12.4 Å². The van der Waals surface area contributed by atoms with Gasteiger partial charge in [0, 0.05) is 22.8 Å². The predicted molar refractivity (Wildman–Crippen MR) is 120 cm³/mol. The van der Waals surface area contributed by atoms with Gasteiger partial charge in [-0.3, -0.25) is 9.71 Å². The summed E-state index contributed by atoms with van der Waals surface area (Å²) in [5.74, 6) is 0.304. The summed E-state index contributed by atoms with van der Waals surface area (Å²) in [5, 5.41) is 3.98. The predicted octanol–water partition coefficient (Wildman–Crippen LogP) is 4.56. The van der Waals surface area contributed by atoms with Gasteiger partial charge in [0.2, 0.25) is 10.0 Å². The van der Waals surface area contributed by atoms with Gasteiger partial charge in [0.15, 0.2) is 0 Å². The largest absolute Gasteiger partial charge is 0.340 e. The number of hydrogen-bond acceptors (Lipinski definition) is 6. The van der Waals surface area contributed by atoms with Crippen LogP contribution in [0.3, 0.4) is 0 Å². The summed E-state index contributed by atoms with van der Waals surface area (Å²) in [6.45, 7) is 3.43. The van der Waals surface area contributed by atoms with Gasteiger partial charge in [0.05, 0.1) is 23.2 Å². The molecule has 0 aliphatic heterocycles. The Morgan fingerprint density at radius 1 is 0.935 bits per heavy atom. The van der Waals surface area contributed by atoms with E-state index in [0.717, 1.165) is 28.3 Å². The Morgan fingerprint density at radius 2 is 1.74 bits per heavy atom. The van der Waals surface area contributed by atoms with Crippen molar-refractivity contribution in [2.45, 2.75) is 13.8 Å². The van der Waals surface area contributed by atoms with E-state index < -0.39 is 10.0 Å². The Labute approximate surface area is 179 Å². The van der Waals surface area contributed by atoms with Crippen molar-refractivity contribution in [3.05, 3.63) is 72.1 Å². The molecule has 7 nitrogen and oxygen atoms in total. The van der Waals surface area contributed by atoms with Gasteiger partial charge in [-0.1, -0.05) is 6.07 Å². The average molecular weight is 438 g/mol. The highest BCUT2D eigenvalue weighted by Gasteiger charge is 2.11. The van der Waals surface area contributed by atoms with Gasteiger partial charge < -0.3 is 5.32 Å². The second kappa shape index (κ2) is 7.92. The maximum atomic E-state index is 13.6. The molecular weight excluding hydrogens is 417 g/mol. The second-order valence-electron chi connectivity index (χ2n) is 7.27. The zero-order valence-corrected chi connectivity index (χ0v) is 18.0. The van der Waals surface area contributed by atoms with Crippen LogP contribution in [-0.4, -0.2) is 29.6 Å². The lowest BCUT2D eigenvalue weighted by molar-refractivity contribution is 0.606. The monoisotopic (exact) mass is 437 g/mol. The van der Waals surface area contributed by atoms with Crippen LogP contribution in [0.4, 0.5) is 21.6 Å².